The molecule has 0 aliphatic heterocycles. The Hall–Kier alpha value is -2.95. The van der Waals surface area contributed by atoms with Crippen LogP contribution in [-0.2, 0) is 17.8 Å². The average Bonchev–Trinajstić information content (AvgIpc) is 2.60. The molecule has 2 N–H and O–H groups in total. The lowest BCUT2D eigenvalue weighted by molar-refractivity contribution is -0.120. The number of amides is 1. The van der Waals surface area contributed by atoms with Crippen LogP contribution in [0.1, 0.15) is 36.7 Å². The highest BCUT2D eigenvalue weighted by Gasteiger charge is 2.10. The highest BCUT2D eigenvalue weighted by Crippen LogP contribution is 2.18. The maximum Gasteiger partial charge on any atom is 0.258 e. The molecule has 3 rings (SSSR count). The first-order chi connectivity index (χ1) is 12.0. The van der Waals surface area contributed by atoms with Gasteiger partial charge in [-0.3, -0.25) is 9.59 Å². The van der Waals surface area contributed by atoms with Crippen molar-refractivity contribution in [2.45, 2.75) is 32.7 Å². The van der Waals surface area contributed by atoms with Gasteiger partial charge in [0, 0.05) is 6.54 Å². The first kappa shape index (κ1) is 16.9. The third-order valence-corrected chi connectivity index (χ3v) is 4.11. The molecule has 5 nitrogen and oxygen atoms in total. The molecule has 1 amide bonds. The van der Waals surface area contributed by atoms with Gasteiger partial charge in [-0.2, -0.15) is 0 Å². The number of nitrogens with zero attached hydrogens (tertiary/aromatic N) is 1. The van der Waals surface area contributed by atoms with Crippen LogP contribution in [0.3, 0.4) is 0 Å². The molecule has 2 aromatic carbocycles. The molecule has 0 fully saturated rings. The molecule has 25 heavy (non-hydrogen) atoms. The van der Waals surface area contributed by atoms with Crippen LogP contribution < -0.4 is 10.9 Å². The number of carbonyl (C=O) groups is 1. The third-order valence-electron chi connectivity index (χ3n) is 4.11. The standard InChI is InChI=1S/C20H21N3O2/c1-13(2)15-8-9-17-16(10-15)20(25)23-18(22-17)11-19(24)21-12-14-6-4-3-5-7-14/h3-10,13H,11-12H2,1-2H3,(H,21,24)(H,22,23,25). The molecule has 0 atom stereocenters. The van der Waals surface area contributed by atoms with E-state index in [4.69, 9.17) is 0 Å². The van der Waals surface area contributed by atoms with Crippen LogP contribution in [0.2, 0.25) is 0 Å². The monoisotopic (exact) mass is 335 g/mol. The maximum absolute atomic E-state index is 12.3. The number of hydrogen-bond donors (Lipinski definition) is 2. The molecule has 0 saturated carbocycles. The summed E-state index contributed by atoms with van der Waals surface area (Å²) in [6.07, 6.45) is 0.0456. The minimum absolute atomic E-state index is 0.0456. The largest absolute Gasteiger partial charge is 0.352 e. The lowest BCUT2D eigenvalue weighted by atomic mass is 10.0. The topological polar surface area (TPSA) is 74.8 Å². The quantitative estimate of drug-likeness (QED) is 0.753. The molecule has 0 bridgehead atoms. The zero-order chi connectivity index (χ0) is 17.8. The average molecular weight is 335 g/mol. The van der Waals surface area contributed by atoms with E-state index in [2.05, 4.69) is 29.1 Å². The van der Waals surface area contributed by atoms with E-state index in [1.165, 1.54) is 0 Å². The van der Waals surface area contributed by atoms with Crippen molar-refractivity contribution in [1.82, 2.24) is 15.3 Å². The number of benzene rings is 2. The molecule has 0 radical (unpaired) electrons. The van der Waals surface area contributed by atoms with Crippen molar-refractivity contribution in [3.8, 4) is 0 Å². The Morgan fingerprint density at radius 2 is 1.92 bits per heavy atom. The van der Waals surface area contributed by atoms with Gasteiger partial charge in [-0.1, -0.05) is 50.2 Å². The number of nitrogens with one attached hydrogen (secondary N) is 2. The minimum atomic E-state index is -0.210. The van der Waals surface area contributed by atoms with Gasteiger partial charge in [-0.05, 0) is 29.2 Å². The molecule has 1 aromatic heterocycles. The zero-order valence-corrected chi connectivity index (χ0v) is 14.4. The summed E-state index contributed by atoms with van der Waals surface area (Å²) in [5.74, 6) is 0.540. The van der Waals surface area contributed by atoms with E-state index in [-0.39, 0.29) is 17.9 Å². The fraction of sp³-hybridized carbons (Fsp3) is 0.250. The van der Waals surface area contributed by atoms with E-state index in [1.54, 1.807) is 0 Å². The third kappa shape index (κ3) is 4.12. The molecule has 5 heteroatoms. The Kier molecular flexibility index (Phi) is 4.93. The van der Waals surface area contributed by atoms with E-state index >= 15 is 0 Å². The lowest BCUT2D eigenvalue weighted by Gasteiger charge is -2.08. The molecular formula is C20H21N3O2. The van der Waals surface area contributed by atoms with Gasteiger partial charge < -0.3 is 10.3 Å². The van der Waals surface area contributed by atoms with Crippen LogP contribution in [0, 0.1) is 0 Å². The number of hydrogen-bond acceptors (Lipinski definition) is 3. The second-order valence-corrected chi connectivity index (χ2v) is 6.38. The molecule has 1 heterocycles. The van der Waals surface area contributed by atoms with Crippen molar-refractivity contribution in [3.63, 3.8) is 0 Å². The SMILES string of the molecule is CC(C)c1ccc2nc(CC(=O)NCc3ccccc3)[nH]c(=O)c2c1. The Morgan fingerprint density at radius 3 is 2.64 bits per heavy atom. The molecule has 0 spiro atoms. The van der Waals surface area contributed by atoms with Gasteiger partial charge in [0.15, 0.2) is 0 Å². The van der Waals surface area contributed by atoms with Gasteiger partial charge in [0.2, 0.25) is 5.91 Å². The number of fused-ring (bicyclic) bond motifs is 1. The number of aromatic nitrogens is 2. The minimum Gasteiger partial charge on any atom is -0.352 e. The summed E-state index contributed by atoms with van der Waals surface area (Å²) in [6.45, 7) is 4.61. The maximum atomic E-state index is 12.3. The van der Waals surface area contributed by atoms with Gasteiger partial charge in [-0.15, -0.1) is 0 Å². The zero-order valence-electron chi connectivity index (χ0n) is 14.4. The summed E-state index contributed by atoms with van der Waals surface area (Å²) in [5.41, 5.74) is 2.52. The van der Waals surface area contributed by atoms with Crippen LogP contribution in [0.25, 0.3) is 10.9 Å². The number of H-pyrrole nitrogens is 1. The van der Waals surface area contributed by atoms with Crippen LogP contribution in [0.15, 0.2) is 53.3 Å². The fourth-order valence-electron chi connectivity index (χ4n) is 2.66. The van der Waals surface area contributed by atoms with Crippen molar-refractivity contribution in [2.75, 3.05) is 0 Å². The van der Waals surface area contributed by atoms with E-state index in [0.717, 1.165) is 11.1 Å². The van der Waals surface area contributed by atoms with Gasteiger partial charge in [0.1, 0.15) is 5.82 Å². The highest BCUT2D eigenvalue weighted by molar-refractivity contribution is 5.80. The Balaban J connectivity index is 1.74. The normalized spacial score (nSPS) is 11.0. The number of carbonyl (C=O) groups excluding carboxylic acids is 1. The lowest BCUT2D eigenvalue weighted by Crippen LogP contribution is -2.26. The van der Waals surface area contributed by atoms with Gasteiger partial charge >= 0.3 is 0 Å². The predicted octanol–water partition coefficient (Wildman–Crippen LogP) is 2.91. The smallest absolute Gasteiger partial charge is 0.258 e. The predicted molar refractivity (Wildman–Crippen MR) is 98.4 cm³/mol. The van der Waals surface area contributed by atoms with Crippen LogP contribution in [-0.4, -0.2) is 15.9 Å². The Bertz CT molecular complexity index is 946. The summed E-state index contributed by atoms with van der Waals surface area (Å²) in [7, 11) is 0. The summed E-state index contributed by atoms with van der Waals surface area (Å²) in [6, 6.07) is 15.4. The van der Waals surface area contributed by atoms with E-state index in [0.29, 0.717) is 29.2 Å². The van der Waals surface area contributed by atoms with Crippen molar-refractivity contribution >= 4 is 16.8 Å². The first-order valence-electron chi connectivity index (χ1n) is 8.36. The Morgan fingerprint density at radius 1 is 1.16 bits per heavy atom. The summed E-state index contributed by atoms with van der Waals surface area (Å²) >= 11 is 0. The molecule has 0 aliphatic carbocycles. The van der Waals surface area contributed by atoms with Crippen molar-refractivity contribution < 1.29 is 4.79 Å². The summed E-state index contributed by atoms with van der Waals surface area (Å²) < 4.78 is 0. The molecule has 3 aromatic rings. The highest BCUT2D eigenvalue weighted by atomic mass is 16.1. The van der Waals surface area contributed by atoms with Crippen LogP contribution in [0.4, 0.5) is 0 Å². The van der Waals surface area contributed by atoms with Crippen molar-refractivity contribution in [3.05, 3.63) is 75.8 Å². The summed E-state index contributed by atoms with van der Waals surface area (Å²) in [5, 5.41) is 3.39. The second kappa shape index (κ2) is 7.30. The molecule has 0 unspecified atom stereocenters. The molecular weight excluding hydrogens is 314 g/mol. The fourth-order valence-corrected chi connectivity index (χ4v) is 2.66. The summed E-state index contributed by atoms with van der Waals surface area (Å²) in [4.78, 5) is 31.5. The Labute approximate surface area is 146 Å². The van der Waals surface area contributed by atoms with Crippen molar-refractivity contribution in [1.29, 1.82) is 0 Å². The molecule has 0 aliphatic rings. The van der Waals surface area contributed by atoms with Crippen molar-refractivity contribution in [2.24, 2.45) is 0 Å². The van der Waals surface area contributed by atoms with Crippen LogP contribution in [0.5, 0.6) is 0 Å². The van der Waals surface area contributed by atoms with E-state index < -0.39 is 0 Å². The van der Waals surface area contributed by atoms with Gasteiger partial charge in [0.05, 0.1) is 17.3 Å². The first-order valence-corrected chi connectivity index (χ1v) is 8.36. The second-order valence-electron chi connectivity index (χ2n) is 6.38. The number of rotatable bonds is 5. The van der Waals surface area contributed by atoms with Gasteiger partial charge in [-0.25, -0.2) is 4.98 Å². The van der Waals surface area contributed by atoms with Crippen LogP contribution >= 0.6 is 0 Å². The number of aromatic amines is 1. The molecule has 128 valence electrons. The van der Waals surface area contributed by atoms with E-state index in [9.17, 15) is 9.59 Å². The van der Waals surface area contributed by atoms with Gasteiger partial charge in [0.25, 0.3) is 5.56 Å². The van der Waals surface area contributed by atoms with E-state index in [1.807, 2.05) is 48.5 Å². The molecule has 0 saturated heterocycles.